The van der Waals surface area contributed by atoms with Crippen molar-refractivity contribution < 1.29 is 23.1 Å². The van der Waals surface area contributed by atoms with Gasteiger partial charge >= 0.3 is 5.97 Å². The second-order valence-electron chi connectivity index (χ2n) is 9.12. The first-order valence-electron chi connectivity index (χ1n) is 12.9. The quantitative estimate of drug-likeness (QED) is 0.228. The zero-order chi connectivity index (χ0) is 28.9. The number of hydrogen-bond acceptors (Lipinski definition) is 7. The molecule has 0 saturated carbocycles. The zero-order valence-corrected chi connectivity index (χ0v) is 24.6. The van der Waals surface area contributed by atoms with Gasteiger partial charge in [0.15, 0.2) is 0 Å². The van der Waals surface area contributed by atoms with Gasteiger partial charge in [-0.15, -0.1) is 0 Å². The smallest absolute Gasteiger partial charge is 0.305 e. The molecule has 1 saturated heterocycles. The number of carboxylic acid groups (broad SMARTS) is 1. The molecule has 0 radical (unpaired) electrons. The van der Waals surface area contributed by atoms with E-state index in [-0.39, 0.29) is 28.1 Å². The van der Waals surface area contributed by atoms with Crippen LogP contribution in [-0.2, 0) is 19.6 Å². The highest BCUT2D eigenvalue weighted by Crippen LogP contribution is 2.35. The molecule has 4 rings (SSSR count). The van der Waals surface area contributed by atoms with Crippen molar-refractivity contribution in [3.05, 3.63) is 71.3 Å². The van der Waals surface area contributed by atoms with Crippen molar-refractivity contribution in [3.63, 3.8) is 0 Å². The van der Waals surface area contributed by atoms with Gasteiger partial charge in [0.1, 0.15) is 10.0 Å². The number of hydrogen-bond donors (Lipinski definition) is 1. The van der Waals surface area contributed by atoms with E-state index in [0.717, 1.165) is 17.4 Å². The third kappa shape index (κ3) is 6.52. The summed E-state index contributed by atoms with van der Waals surface area (Å²) in [5.41, 5.74) is 2.46. The standard InChI is InChI=1S/C28H30N4O5S3/c1-3-14-30(15-4-2)40(36,37)23-12-8-9-20(17-23)26-21(19-32(29-26)22-10-6-5-7-11-22)18-24-27(35)31(28(38)39-24)16-13-25(33)34/h5-12,17-19H,3-4,13-16H2,1-2H3,(H,33,34)/b24-18-. The molecule has 0 unspecified atom stereocenters. The molecule has 1 aliphatic rings. The summed E-state index contributed by atoms with van der Waals surface area (Å²) in [6.07, 6.45) is 4.63. The molecule has 12 heteroatoms. The molecular formula is C28H30N4O5S3. The molecule has 0 spiro atoms. The van der Waals surface area contributed by atoms with Gasteiger partial charge in [0.25, 0.3) is 5.91 Å². The van der Waals surface area contributed by atoms with Crippen LogP contribution in [0.25, 0.3) is 23.0 Å². The number of thiocarbonyl (C=S) groups is 1. The minimum atomic E-state index is -3.72. The van der Waals surface area contributed by atoms with Crippen LogP contribution in [0.3, 0.4) is 0 Å². The normalized spacial score (nSPS) is 15.0. The number of amides is 1. The Morgan fingerprint density at radius 2 is 1.80 bits per heavy atom. The Balaban J connectivity index is 1.79. The molecule has 9 nitrogen and oxygen atoms in total. The number of benzene rings is 2. The third-order valence-corrected chi connectivity index (χ3v) is 9.44. The average molecular weight is 599 g/mol. The van der Waals surface area contributed by atoms with Gasteiger partial charge < -0.3 is 5.11 Å². The number of thioether (sulfide) groups is 1. The Kier molecular flexibility index (Phi) is 9.56. The van der Waals surface area contributed by atoms with E-state index in [4.69, 9.17) is 22.4 Å². The summed E-state index contributed by atoms with van der Waals surface area (Å²) in [7, 11) is -3.72. The van der Waals surface area contributed by atoms with E-state index in [0.29, 0.717) is 47.7 Å². The number of carbonyl (C=O) groups excluding carboxylic acids is 1. The lowest BCUT2D eigenvalue weighted by Gasteiger charge is -2.21. The topological polar surface area (TPSA) is 113 Å². The van der Waals surface area contributed by atoms with Crippen molar-refractivity contribution in [2.45, 2.75) is 38.0 Å². The van der Waals surface area contributed by atoms with Crippen molar-refractivity contribution in [1.82, 2.24) is 19.0 Å². The van der Waals surface area contributed by atoms with Crippen LogP contribution in [-0.4, -0.2) is 68.3 Å². The molecule has 1 fully saturated rings. The van der Waals surface area contributed by atoms with Crippen molar-refractivity contribution in [1.29, 1.82) is 0 Å². The van der Waals surface area contributed by atoms with Crippen LogP contribution in [0, 0.1) is 0 Å². The van der Waals surface area contributed by atoms with E-state index >= 15 is 0 Å². The van der Waals surface area contributed by atoms with E-state index in [1.807, 2.05) is 44.2 Å². The first kappa shape index (κ1) is 29.7. The predicted octanol–water partition coefficient (Wildman–Crippen LogP) is 5.03. The molecule has 3 aromatic rings. The molecule has 0 atom stereocenters. The van der Waals surface area contributed by atoms with E-state index < -0.39 is 16.0 Å². The molecule has 2 aromatic carbocycles. The van der Waals surface area contributed by atoms with E-state index in [1.165, 1.54) is 9.21 Å². The Hall–Kier alpha value is -3.32. The van der Waals surface area contributed by atoms with Crippen LogP contribution in [0.1, 0.15) is 38.7 Å². The van der Waals surface area contributed by atoms with Gasteiger partial charge in [-0.3, -0.25) is 14.5 Å². The maximum Gasteiger partial charge on any atom is 0.305 e. The van der Waals surface area contributed by atoms with Crippen molar-refractivity contribution in [2.24, 2.45) is 0 Å². The maximum absolute atomic E-state index is 13.5. The number of carboxylic acids is 1. The van der Waals surface area contributed by atoms with Gasteiger partial charge in [-0.1, -0.05) is 68.2 Å². The van der Waals surface area contributed by atoms with Crippen molar-refractivity contribution in [3.8, 4) is 16.9 Å². The molecule has 1 N–H and O–H groups in total. The zero-order valence-electron chi connectivity index (χ0n) is 22.2. The van der Waals surface area contributed by atoms with E-state index in [2.05, 4.69) is 0 Å². The summed E-state index contributed by atoms with van der Waals surface area (Å²) >= 11 is 6.43. The van der Waals surface area contributed by atoms with Gasteiger partial charge in [-0.25, -0.2) is 13.1 Å². The molecular weight excluding hydrogens is 569 g/mol. The van der Waals surface area contributed by atoms with Gasteiger partial charge in [0.05, 0.1) is 21.9 Å². The van der Waals surface area contributed by atoms with E-state index in [1.54, 1.807) is 41.2 Å². The number of carbonyl (C=O) groups is 2. The summed E-state index contributed by atoms with van der Waals surface area (Å²) in [4.78, 5) is 25.9. The molecule has 1 aliphatic heterocycles. The summed E-state index contributed by atoms with van der Waals surface area (Å²) in [6, 6.07) is 16.1. The summed E-state index contributed by atoms with van der Waals surface area (Å²) in [5.74, 6) is -1.39. The Morgan fingerprint density at radius 1 is 1.10 bits per heavy atom. The number of nitrogens with zero attached hydrogens (tertiary/aromatic N) is 4. The molecule has 40 heavy (non-hydrogen) atoms. The van der Waals surface area contributed by atoms with Gasteiger partial charge in [0.2, 0.25) is 10.0 Å². The monoisotopic (exact) mass is 598 g/mol. The SMILES string of the molecule is CCCN(CCC)S(=O)(=O)c1cccc(-c2nn(-c3ccccc3)cc2/C=C2\SC(=S)N(CCC(=O)O)C2=O)c1. The van der Waals surface area contributed by atoms with Gasteiger partial charge in [0, 0.05) is 37.0 Å². The number of para-hydroxylation sites is 1. The largest absolute Gasteiger partial charge is 0.481 e. The lowest BCUT2D eigenvalue weighted by Crippen LogP contribution is -2.32. The maximum atomic E-state index is 13.5. The van der Waals surface area contributed by atoms with Crippen LogP contribution in [0.5, 0.6) is 0 Å². The molecule has 1 amide bonds. The minimum absolute atomic E-state index is 0.0145. The minimum Gasteiger partial charge on any atom is -0.481 e. The highest BCUT2D eigenvalue weighted by atomic mass is 32.2. The van der Waals surface area contributed by atoms with Crippen molar-refractivity contribution in [2.75, 3.05) is 19.6 Å². The number of rotatable bonds is 12. The predicted molar refractivity (Wildman–Crippen MR) is 160 cm³/mol. The molecule has 210 valence electrons. The molecule has 0 aliphatic carbocycles. The molecule has 0 bridgehead atoms. The van der Waals surface area contributed by atoms with Crippen molar-refractivity contribution >= 4 is 56.3 Å². The van der Waals surface area contributed by atoms with Crippen LogP contribution in [0.4, 0.5) is 0 Å². The fraction of sp³-hybridized carbons (Fsp3) is 0.286. The highest BCUT2D eigenvalue weighted by molar-refractivity contribution is 8.26. The Bertz CT molecular complexity index is 1540. The lowest BCUT2D eigenvalue weighted by molar-refractivity contribution is -0.137. The van der Waals surface area contributed by atoms with E-state index in [9.17, 15) is 18.0 Å². The first-order valence-corrected chi connectivity index (χ1v) is 15.5. The summed E-state index contributed by atoms with van der Waals surface area (Å²) in [5, 5.41) is 13.8. The fourth-order valence-electron chi connectivity index (χ4n) is 4.28. The Labute approximate surface area is 243 Å². The molecule has 2 heterocycles. The second kappa shape index (κ2) is 12.9. The fourth-order valence-corrected chi connectivity index (χ4v) is 7.25. The first-order chi connectivity index (χ1) is 19.1. The summed E-state index contributed by atoms with van der Waals surface area (Å²) in [6.45, 7) is 4.73. The number of aliphatic carboxylic acids is 1. The highest BCUT2D eigenvalue weighted by Gasteiger charge is 2.32. The van der Waals surface area contributed by atoms with Crippen LogP contribution in [0.15, 0.2) is 70.6 Å². The number of sulfonamides is 1. The van der Waals surface area contributed by atoms with Crippen LogP contribution < -0.4 is 0 Å². The number of aromatic nitrogens is 2. The van der Waals surface area contributed by atoms with Crippen LogP contribution >= 0.6 is 24.0 Å². The molecule has 1 aromatic heterocycles. The Morgan fingerprint density at radius 3 is 2.45 bits per heavy atom. The second-order valence-corrected chi connectivity index (χ2v) is 12.7. The van der Waals surface area contributed by atoms with Gasteiger partial charge in [-0.05, 0) is 43.2 Å². The average Bonchev–Trinajstić information content (AvgIpc) is 3.48. The summed E-state index contributed by atoms with van der Waals surface area (Å²) < 4.78 is 30.4. The third-order valence-electron chi connectivity index (χ3n) is 6.16. The lowest BCUT2D eigenvalue weighted by atomic mass is 10.1. The van der Waals surface area contributed by atoms with Crippen LogP contribution in [0.2, 0.25) is 0 Å². The van der Waals surface area contributed by atoms with Gasteiger partial charge in [-0.2, -0.15) is 9.40 Å².